The molecule has 228 valence electrons. The standard InChI is InChI=1S/C32H21F5N4O4/c33-22-8-17(13-38)4-5-19(22)14-44-31-3-1-2-26(40-31)21-12-23(34)20(9-24(21)35)11-30-39-27-7-6-18(32(42)45-37)10-28(27)41(30)29-16-43-15-25(29)36/h1-10,12,25,29H,11,14-16H2/t25-,29?/m1/s1. The van der Waals surface area contributed by atoms with E-state index in [1.165, 1.54) is 53.1 Å². The number of alkyl halides is 1. The summed E-state index contributed by atoms with van der Waals surface area (Å²) in [5, 5.41) is 8.90. The molecule has 1 aliphatic rings. The molecule has 3 aromatic carbocycles. The van der Waals surface area contributed by atoms with Crippen molar-refractivity contribution < 1.29 is 41.3 Å². The molecule has 0 aliphatic carbocycles. The molecular weight excluding hydrogens is 599 g/mol. The van der Waals surface area contributed by atoms with Gasteiger partial charge in [-0.25, -0.2) is 37.3 Å². The van der Waals surface area contributed by atoms with Crippen LogP contribution in [-0.2, 0) is 22.7 Å². The molecule has 0 bridgehead atoms. The maximum atomic E-state index is 15.5. The molecule has 1 aliphatic heterocycles. The summed E-state index contributed by atoms with van der Waals surface area (Å²) >= 11 is 0. The molecule has 1 unspecified atom stereocenters. The lowest BCUT2D eigenvalue weighted by Crippen LogP contribution is -2.21. The smallest absolute Gasteiger partial charge is 0.379 e. The van der Waals surface area contributed by atoms with E-state index in [2.05, 4.69) is 14.9 Å². The van der Waals surface area contributed by atoms with E-state index in [0.717, 1.165) is 18.2 Å². The van der Waals surface area contributed by atoms with Gasteiger partial charge in [0.1, 0.15) is 36.1 Å². The number of nitriles is 1. The van der Waals surface area contributed by atoms with Crippen molar-refractivity contribution in [2.24, 2.45) is 0 Å². The number of pyridine rings is 1. The van der Waals surface area contributed by atoms with E-state index in [1.807, 2.05) is 6.07 Å². The zero-order chi connectivity index (χ0) is 31.7. The van der Waals surface area contributed by atoms with Gasteiger partial charge in [0.15, 0.2) is 0 Å². The molecule has 6 rings (SSSR count). The average Bonchev–Trinajstić information content (AvgIpc) is 3.63. The molecule has 45 heavy (non-hydrogen) atoms. The highest BCUT2D eigenvalue weighted by atomic mass is 19.3. The van der Waals surface area contributed by atoms with E-state index < -0.39 is 35.6 Å². The fourth-order valence-corrected chi connectivity index (χ4v) is 5.18. The molecule has 5 aromatic rings. The first kappa shape index (κ1) is 29.7. The lowest BCUT2D eigenvalue weighted by Gasteiger charge is -2.18. The van der Waals surface area contributed by atoms with Crippen molar-refractivity contribution in [2.75, 3.05) is 13.2 Å². The first-order valence-electron chi connectivity index (χ1n) is 13.6. The van der Waals surface area contributed by atoms with Gasteiger partial charge < -0.3 is 14.0 Å². The fourth-order valence-electron chi connectivity index (χ4n) is 5.18. The summed E-state index contributed by atoms with van der Waals surface area (Å²) in [6.45, 7) is -0.437. The van der Waals surface area contributed by atoms with Crippen LogP contribution in [0.1, 0.15) is 38.9 Å². The minimum absolute atomic E-state index is 0.0319. The van der Waals surface area contributed by atoms with Gasteiger partial charge in [-0.15, -0.1) is 0 Å². The maximum Gasteiger partial charge on any atom is 0.379 e. The number of ether oxygens (including phenoxy) is 2. The van der Waals surface area contributed by atoms with Crippen molar-refractivity contribution in [3.8, 4) is 23.2 Å². The Bertz CT molecular complexity index is 1980. The highest BCUT2D eigenvalue weighted by Crippen LogP contribution is 2.32. The Balaban J connectivity index is 1.29. The van der Waals surface area contributed by atoms with Gasteiger partial charge in [-0.1, -0.05) is 12.1 Å². The number of nitrogens with zero attached hydrogens (tertiary/aromatic N) is 4. The number of hydrogen-bond acceptors (Lipinski definition) is 7. The third-order valence-electron chi connectivity index (χ3n) is 7.43. The largest absolute Gasteiger partial charge is 0.473 e. The van der Waals surface area contributed by atoms with Gasteiger partial charge in [-0.05, 0) is 54.1 Å². The van der Waals surface area contributed by atoms with Crippen molar-refractivity contribution >= 4 is 17.0 Å². The van der Waals surface area contributed by atoms with E-state index in [-0.39, 0.29) is 77.0 Å². The van der Waals surface area contributed by atoms with Crippen LogP contribution in [0.5, 0.6) is 5.88 Å². The summed E-state index contributed by atoms with van der Waals surface area (Å²) in [6, 6.07) is 15.3. The van der Waals surface area contributed by atoms with Crippen LogP contribution in [0.25, 0.3) is 22.3 Å². The van der Waals surface area contributed by atoms with Gasteiger partial charge >= 0.3 is 5.97 Å². The fraction of sp³-hybridized carbons (Fsp3) is 0.188. The number of fused-ring (bicyclic) bond motifs is 1. The van der Waals surface area contributed by atoms with Crippen molar-refractivity contribution in [1.29, 1.82) is 5.26 Å². The van der Waals surface area contributed by atoms with Gasteiger partial charge in [0.2, 0.25) is 5.88 Å². The van der Waals surface area contributed by atoms with Gasteiger partial charge in [0.05, 0.1) is 53.2 Å². The quantitative estimate of drug-likeness (QED) is 0.183. The van der Waals surface area contributed by atoms with Crippen LogP contribution in [-0.4, -0.2) is 39.9 Å². The van der Waals surface area contributed by atoms with Crippen LogP contribution >= 0.6 is 0 Å². The Labute approximate surface area is 252 Å². The van der Waals surface area contributed by atoms with Crippen LogP contribution in [0.3, 0.4) is 0 Å². The van der Waals surface area contributed by atoms with Crippen molar-refractivity contribution in [1.82, 2.24) is 14.5 Å². The number of carbonyl (C=O) groups is 1. The van der Waals surface area contributed by atoms with E-state index >= 15 is 8.78 Å². The third kappa shape index (κ3) is 5.92. The predicted molar refractivity (Wildman–Crippen MR) is 149 cm³/mol. The van der Waals surface area contributed by atoms with Gasteiger partial charge in [-0.2, -0.15) is 5.26 Å². The third-order valence-corrected chi connectivity index (χ3v) is 7.43. The Morgan fingerprint density at radius 2 is 1.80 bits per heavy atom. The Hall–Kier alpha value is -5.35. The summed E-state index contributed by atoms with van der Waals surface area (Å²) in [5.74, 6) is -3.28. The average molecular weight is 621 g/mol. The summed E-state index contributed by atoms with van der Waals surface area (Å²) in [5.41, 5.74) is 0.576. The van der Waals surface area contributed by atoms with Gasteiger partial charge in [0, 0.05) is 28.1 Å². The number of carbonyl (C=O) groups excluding carboxylic acids is 1. The van der Waals surface area contributed by atoms with Crippen molar-refractivity contribution in [2.45, 2.75) is 25.2 Å². The molecule has 13 heteroatoms. The molecule has 0 amide bonds. The molecule has 1 fully saturated rings. The molecule has 2 atom stereocenters. The molecular formula is C32H21F5N4O4. The normalized spacial score (nSPS) is 16.1. The molecule has 0 spiro atoms. The second kappa shape index (κ2) is 12.3. The van der Waals surface area contributed by atoms with Crippen LogP contribution in [0.15, 0.2) is 66.7 Å². The SMILES string of the molecule is N#Cc1ccc(COc2cccc(-c3cc(F)c(Cc4nc5ccc(C(=O)OF)cc5n4C4COC[C@H]4F)cc3F)n2)c(F)c1. The van der Waals surface area contributed by atoms with E-state index in [1.54, 1.807) is 0 Å². The van der Waals surface area contributed by atoms with Crippen LogP contribution in [0, 0.1) is 28.8 Å². The number of hydrogen-bond donors (Lipinski definition) is 0. The first-order chi connectivity index (χ1) is 21.7. The molecule has 0 saturated carbocycles. The molecule has 8 nitrogen and oxygen atoms in total. The molecule has 1 saturated heterocycles. The Morgan fingerprint density at radius 1 is 0.978 bits per heavy atom. The first-order valence-corrected chi connectivity index (χ1v) is 13.6. The minimum Gasteiger partial charge on any atom is -0.473 e. The van der Waals surface area contributed by atoms with E-state index in [9.17, 15) is 18.1 Å². The van der Waals surface area contributed by atoms with E-state index in [4.69, 9.17) is 14.7 Å². The summed E-state index contributed by atoms with van der Waals surface area (Å²) in [6.07, 6.45) is -1.70. The Morgan fingerprint density at radius 3 is 2.53 bits per heavy atom. The zero-order valence-electron chi connectivity index (χ0n) is 23.1. The summed E-state index contributed by atoms with van der Waals surface area (Å²) < 4.78 is 84.9. The molecule has 0 N–H and O–H groups in total. The van der Waals surface area contributed by atoms with Gasteiger partial charge in [0.25, 0.3) is 0 Å². The summed E-state index contributed by atoms with van der Waals surface area (Å²) in [4.78, 5) is 23.8. The monoisotopic (exact) mass is 620 g/mol. The lowest BCUT2D eigenvalue weighted by molar-refractivity contribution is -0.0787. The molecule has 2 aromatic heterocycles. The summed E-state index contributed by atoms with van der Waals surface area (Å²) in [7, 11) is 0. The highest BCUT2D eigenvalue weighted by Gasteiger charge is 2.33. The predicted octanol–water partition coefficient (Wildman–Crippen LogP) is 6.51. The number of halogens is 5. The highest BCUT2D eigenvalue weighted by molar-refractivity contribution is 5.93. The Kier molecular flexibility index (Phi) is 8.14. The second-order valence-corrected chi connectivity index (χ2v) is 10.3. The second-order valence-electron chi connectivity index (χ2n) is 10.3. The van der Waals surface area contributed by atoms with Crippen LogP contribution in [0.4, 0.5) is 22.1 Å². The molecule has 0 radical (unpaired) electrons. The molecule has 3 heterocycles. The number of aromatic nitrogens is 3. The maximum absolute atomic E-state index is 15.5. The lowest BCUT2D eigenvalue weighted by atomic mass is 10.0. The van der Waals surface area contributed by atoms with E-state index in [0.29, 0.717) is 5.52 Å². The van der Waals surface area contributed by atoms with Crippen LogP contribution < -0.4 is 4.74 Å². The van der Waals surface area contributed by atoms with Crippen LogP contribution in [0.2, 0.25) is 0 Å². The zero-order valence-corrected chi connectivity index (χ0v) is 23.1. The van der Waals surface area contributed by atoms with Crippen molar-refractivity contribution in [3.05, 3.63) is 112 Å². The van der Waals surface area contributed by atoms with Gasteiger partial charge in [-0.3, -0.25) is 0 Å². The van der Waals surface area contributed by atoms with Crippen molar-refractivity contribution in [3.63, 3.8) is 0 Å². The minimum atomic E-state index is -1.45. The topological polar surface area (TPSA) is 99.3 Å². The number of imidazole rings is 1. The number of benzene rings is 3. The number of rotatable bonds is 8.